The van der Waals surface area contributed by atoms with Crippen LogP contribution in [0.4, 0.5) is 18.9 Å². The zero-order valence-corrected chi connectivity index (χ0v) is 20.0. The van der Waals surface area contributed by atoms with E-state index in [2.05, 4.69) is 51.4 Å². The molecule has 1 aliphatic heterocycles. The molecule has 0 bridgehead atoms. The number of piperazine rings is 1. The highest BCUT2D eigenvalue weighted by molar-refractivity contribution is 5.95. The lowest BCUT2D eigenvalue weighted by atomic mass is 10.2. The lowest BCUT2D eigenvalue weighted by Crippen LogP contribution is -2.47. The highest BCUT2D eigenvalue weighted by Gasteiger charge is 2.40. The molecular formula is C26H30F3N5O. The van der Waals surface area contributed by atoms with Crippen LogP contribution in [-0.2, 0) is 6.18 Å². The second-order valence-electron chi connectivity index (χ2n) is 8.93. The van der Waals surface area contributed by atoms with Crippen molar-refractivity contribution in [3.05, 3.63) is 77.1 Å². The summed E-state index contributed by atoms with van der Waals surface area (Å²) in [4.78, 5) is 17.3. The van der Waals surface area contributed by atoms with Gasteiger partial charge in [0.1, 0.15) is 0 Å². The number of hydrogen-bond donors (Lipinski definition) is 1. The Morgan fingerprint density at radius 1 is 0.971 bits per heavy atom. The van der Waals surface area contributed by atoms with Crippen molar-refractivity contribution in [2.75, 3.05) is 44.2 Å². The van der Waals surface area contributed by atoms with Gasteiger partial charge in [-0.15, -0.1) is 0 Å². The molecule has 0 saturated carbocycles. The fourth-order valence-electron chi connectivity index (χ4n) is 4.32. The standard InChI is InChI=1S/C26H30F3N5O/c1-19-7-9-21(10-8-19)34-24(26(27,28)29)23(18-31-34)25(35)30-11-4-12-32-13-15-33(16-14-32)22-6-3-5-20(2)17-22/h3,5-10,17-18H,4,11-16H2,1-2H3,(H,30,35). The third-order valence-corrected chi connectivity index (χ3v) is 6.24. The van der Waals surface area contributed by atoms with Gasteiger partial charge in [0.2, 0.25) is 0 Å². The normalized spacial score (nSPS) is 14.8. The summed E-state index contributed by atoms with van der Waals surface area (Å²) >= 11 is 0. The molecule has 0 unspecified atom stereocenters. The second kappa shape index (κ2) is 10.5. The molecule has 1 aromatic heterocycles. The Morgan fingerprint density at radius 2 is 1.69 bits per heavy atom. The van der Waals surface area contributed by atoms with Crippen molar-refractivity contribution < 1.29 is 18.0 Å². The fourth-order valence-corrected chi connectivity index (χ4v) is 4.32. The summed E-state index contributed by atoms with van der Waals surface area (Å²) < 4.78 is 42.3. The van der Waals surface area contributed by atoms with Gasteiger partial charge in [-0.1, -0.05) is 29.8 Å². The fraction of sp³-hybridized carbons (Fsp3) is 0.385. The predicted octanol–water partition coefficient (Wildman–Crippen LogP) is 4.45. The molecule has 9 heteroatoms. The van der Waals surface area contributed by atoms with Gasteiger partial charge >= 0.3 is 6.18 Å². The molecule has 186 valence electrons. The lowest BCUT2D eigenvalue weighted by molar-refractivity contribution is -0.143. The van der Waals surface area contributed by atoms with Crippen LogP contribution in [0.15, 0.2) is 54.7 Å². The molecule has 1 aliphatic rings. The molecule has 0 atom stereocenters. The number of carbonyl (C=O) groups excluding carboxylic acids is 1. The van der Waals surface area contributed by atoms with Crippen LogP contribution in [0.25, 0.3) is 5.69 Å². The molecule has 3 aromatic rings. The number of anilines is 1. The lowest BCUT2D eigenvalue weighted by Gasteiger charge is -2.36. The molecule has 1 fully saturated rings. The zero-order valence-electron chi connectivity index (χ0n) is 20.0. The Balaban J connectivity index is 1.30. The second-order valence-corrected chi connectivity index (χ2v) is 8.93. The minimum atomic E-state index is -4.72. The smallest absolute Gasteiger partial charge is 0.369 e. The van der Waals surface area contributed by atoms with Crippen LogP contribution in [0.2, 0.25) is 0 Å². The van der Waals surface area contributed by atoms with E-state index in [9.17, 15) is 18.0 Å². The number of carbonyl (C=O) groups is 1. The Labute approximate surface area is 203 Å². The number of aryl methyl sites for hydroxylation is 2. The number of hydrogen-bond acceptors (Lipinski definition) is 4. The maximum atomic E-state index is 13.8. The van der Waals surface area contributed by atoms with E-state index in [4.69, 9.17) is 0 Å². The van der Waals surface area contributed by atoms with E-state index in [0.29, 0.717) is 13.0 Å². The molecule has 0 spiro atoms. The number of halogens is 3. The topological polar surface area (TPSA) is 53.4 Å². The van der Waals surface area contributed by atoms with Gasteiger partial charge in [0, 0.05) is 38.4 Å². The molecule has 1 saturated heterocycles. The average molecular weight is 486 g/mol. The van der Waals surface area contributed by atoms with Crippen molar-refractivity contribution in [1.29, 1.82) is 0 Å². The van der Waals surface area contributed by atoms with Gasteiger partial charge in [0.25, 0.3) is 5.91 Å². The van der Waals surface area contributed by atoms with Crippen LogP contribution in [0.3, 0.4) is 0 Å². The Morgan fingerprint density at radius 3 is 2.34 bits per heavy atom. The minimum absolute atomic E-state index is 0.256. The van der Waals surface area contributed by atoms with Crippen molar-refractivity contribution in [3.63, 3.8) is 0 Å². The maximum Gasteiger partial charge on any atom is 0.434 e. The van der Waals surface area contributed by atoms with E-state index < -0.39 is 23.3 Å². The summed E-state index contributed by atoms with van der Waals surface area (Å²) in [6.45, 7) is 8.65. The molecule has 0 aliphatic carbocycles. The molecule has 2 heterocycles. The average Bonchev–Trinajstić information content (AvgIpc) is 3.29. The van der Waals surface area contributed by atoms with Crippen LogP contribution in [0, 0.1) is 13.8 Å². The third-order valence-electron chi connectivity index (χ3n) is 6.24. The number of alkyl halides is 3. The van der Waals surface area contributed by atoms with Gasteiger partial charge < -0.3 is 10.2 Å². The highest BCUT2D eigenvalue weighted by Crippen LogP contribution is 2.33. The van der Waals surface area contributed by atoms with Crippen LogP contribution >= 0.6 is 0 Å². The summed E-state index contributed by atoms with van der Waals surface area (Å²) in [6.07, 6.45) is -3.07. The van der Waals surface area contributed by atoms with Crippen LogP contribution < -0.4 is 10.2 Å². The van der Waals surface area contributed by atoms with Gasteiger partial charge in [-0.2, -0.15) is 18.3 Å². The Bertz CT molecular complexity index is 1150. The SMILES string of the molecule is Cc1ccc(-n2ncc(C(=O)NCCCN3CCN(c4cccc(C)c4)CC3)c2C(F)(F)F)cc1. The first kappa shape index (κ1) is 24.8. The Kier molecular flexibility index (Phi) is 7.45. The third kappa shape index (κ3) is 6.03. The first-order chi connectivity index (χ1) is 16.7. The molecule has 1 amide bonds. The molecule has 0 radical (unpaired) electrons. The summed E-state index contributed by atoms with van der Waals surface area (Å²) in [7, 11) is 0. The van der Waals surface area contributed by atoms with Crippen molar-refractivity contribution >= 4 is 11.6 Å². The first-order valence-corrected chi connectivity index (χ1v) is 11.8. The predicted molar refractivity (Wildman–Crippen MR) is 130 cm³/mol. The van der Waals surface area contributed by atoms with Crippen molar-refractivity contribution in [2.45, 2.75) is 26.4 Å². The van der Waals surface area contributed by atoms with Crippen molar-refractivity contribution in [2.24, 2.45) is 0 Å². The first-order valence-electron chi connectivity index (χ1n) is 11.8. The molecule has 1 N–H and O–H groups in total. The summed E-state index contributed by atoms with van der Waals surface area (Å²) in [6, 6.07) is 15.0. The van der Waals surface area contributed by atoms with E-state index in [1.807, 2.05) is 6.92 Å². The van der Waals surface area contributed by atoms with E-state index in [1.165, 1.54) is 11.3 Å². The van der Waals surface area contributed by atoms with Gasteiger partial charge in [-0.05, 0) is 56.6 Å². The number of nitrogens with one attached hydrogen (secondary N) is 1. The zero-order chi connectivity index (χ0) is 25.0. The largest absolute Gasteiger partial charge is 0.434 e. The van der Waals surface area contributed by atoms with E-state index in [0.717, 1.165) is 49.2 Å². The summed E-state index contributed by atoms with van der Waals surface area (Å²) in [5, 5.41) is 6.50. The Hall–Kier alpha value is -3.33. The molecule has 6 nitrogen and oxygen atoms in total. The number of aromatic nitrogens is 2. The van der Waals surface area contributed by atoms with Crippen LogP contribution in [-0.4, -0.2) is 59.9 Å². The molecule has 4 rings (SSSR count). The van der Waals surface area contributed by atoms with Crippen molar-refractivity contribution in [1.82, 2.24) is 20.0 Å². The summed E-state index contributed by atoms with van der Waals surface area (Å²) in [5.41, 5.74) is 2.11. The maximum absolute atomic E-state index is 13.8. The minimum Gasteiger partial charge on any atom is -0.369 e. The van der Waals surface area contributed by atoms with Gasteiger partial charge in [0.15, 0.2) is 5.69 Å². The van der Waals surface area contributed by atoms with Gasteiger partial charge in [-0.3, -0.25) is 9.69 Å². The van der Waals surface area contributed by atoms with Crippen molar-refractivity contribution in [3.8, 4) is 5.69 Å². The number of nitrogens with zero attached hydrogens (tertiary/aromatic N) is 4. The monoisotopic (exact) mass is 485 g/mol. The molecular weight excluding hydrogens is 455 g/mol. The van der Waals surface area contributed by atoms with E-state index in [1.54, 1.807) is 24.3 Å². The number of amides is 1. The van der Waals surface area contributed by atoms with Gasteiger partial charge in [0.05, 0.1) is 17.4 Å². The van der Waals surface area contributed by atoms with Gasteiger partial charge in [-0.25, -0.2) is 4.68 Å². The van der Waals surface area contributed by atoms with Crippen LogP contribution in [0.1, 0.15) is 33.6 Å². The number of benzene rings is 2. The molecule has 2 aromatic carbocycles. The molecule has 35 heavy (non-hydrogen) atoms. The van der Waals surface area contributed by atoms with Crippen LogP contribution in [0.5, 0.6) is 0 Å². The van der Waals surface area contributed by atoms with E-state index >= 15 is 0 Å². The highest BCUT2D eigenvalue weighted by atomic mass is 19.4. The number of rotatable bonds is 7. The quantitative estimate of drug-likeness (QED) is 0.503. The van der Waals surface area contributed by atoms with E-state index in [-0.39, 0.29) is 5.69 Å². The summed E-state index contributed by atoms with van der Waals surface area (Å²) in [5.74, 6) is -0.764.